The summed E-state index contributed by atoms with van der Waals surface area (Å²) in [5, 5.41) is 10.2. The number of fused-ring (bicyclic) bond motifs is 8. The van der Waals surface area contributed by atoms with E-state index in [2.05, 4.69) is 193 Å². The maximum atomic E-state index is 2.47. The zero-order chi connectivity index (χ0) is 33.0. The van der Waals surface area contributed by atoms with Gasteiger partial charge in [-0.1, -0.05) is 152 Å². The van der Waals surface area contributed by atoms with Gasteiger partial charge in [-0.25, -0.2) is 0 Å². The van der Waals surface area contributed by atoms with Crippen LogP contribution in [0, 0.1) is 0 Å². The number of hydrogen-bond acceptors (Lipinski definition) is 2. The fraction of sp³-hybridized carbons (Fsp3) is 0. The van der Waals surface area contributed by atoms with Crippen LogP contribution in [0.1, 0.15) is 0 Å². The summed E-state index contributed by atoms with van der Waals surface area (Å²) in [6, 6.07) is 68.7. The van der Waals surface area contributed by atoms with Crippen LogP contribution >= 0.6 is 11.3 Å². The summed E-state index contributed by atoms with van der Waals surface area (Å²) in [5.41, 5.74) is 8.27. The molecule has 1 aromatic heterocycles. The molecule has 50 heavy (non-hydrogen) atoms. The predicted octanol–water partition coefficient (Wildman–Crippen LogP) is 14.3. The third-order valence-electron chi connectivity index (χ3n) is 10.0. The third-order valence-corrected chi connectivity index (χ3v) is 11.2. The molecule has 0 saturated carbocycles. The van der Waals surface area contributed by atoms with Gasteiger partial charge >= 0.3 is 0 Å². The highest BCUT2D eigenvalue weighted by atomic mass is 32.1. The molecule has 10 aromatic rings. The van der Waals surface area contributed by atoms with E-state index in [0.717, 1.165) is 11.4 Å². The molecule has 0 amide bonds. The predicted molar refractivity (Wildman–Crippen MR) is 217 cm³/mol. The van der Waals surface area contributed by atoms with Crippen LogP contribution in [-0.2, 0) is 0 Å². The maximum Gasteiger partial charge on any atom is 0.0640 e. The Kier molecular flexibility index (Phi) is 6.75. The van der Waals surface area contributed by atoms with Crippen LogP contribution in [0.25, 0.3) is 74.7 Å². The van der Waals surface area contributed by atoms with Crippen molar-refractivity contribution in [1.82, 2.24) is 0 Å². The van der Waals surface area contributed by atoms with Crippen molar-refractivity contribution in [3.8, 4) is 22.3 Å². The second-order valence-corrected chi connectivity index (χ2v) is 14.0. The molecule has 2 heteroatoms. The lowest BCUT2D eigenvalue weighted by atomic mass is 9.93. The van der Waals surface area contributed by atoms with Crippen molar-refractivity contribution in [2.45, 2.75) is 0 Å². The Bertz CT molecular complexity index is 2870. The summed E-state index contributed by atoms with van der Waals surface area (Å²) in [6.45, 7) is 0. The van der Waals surface area contributed by atoms with E-state index in [1.54, 1.807) is 0 Å². The normalized spacial score (nSPS) is 11.6. The van der Waals surface area contributed by atoms with Gasteiger partial charge in [0.15, 0.2) is 0 Å². The van der Waals surface area contributed by atoms with Crippen LogP contribution in [0.2, 0.25) is 0 Å². The number of nitrogens with zero attached hydrogens (tertiary/aromatic N) is 1. The van der Waals surface area contributed by atoms with E-state index in [-0.39, 0.29) is 0 Å². The standard InChI is InChI=1S/C48H31NS/c1-3-12-32(13-4-1)40-28-27-38(31-43(40)33-14-5-2-6-15-33)49(37-26-24-36-23-22-34-16-7-9-18-39(34)44(36)30-37)45-21-11-20-42-47-41-19-10-8-17-35(41)25-29-46(47)50-48(42)45/h1-31H. The highest BCUT2D eigenvalue weighted by molar-refractivity contribution is 7.26. The average Bonchev–Trinajstić information content (AvgIpc) is 3.59. The number of hydrogen-bond donors (Lipinski definition) is 0. The molecule has 0 atom stereocenters. The topological polar surface area (TPSA) is 3.24 Å². The van der Waals surface area contributed by atoms with Gasteiger partial charge in [0.05, 0.1) is 10.4 Å². The van der Waals surface area contributed by atoms with Gasteiger partial charge in [-0.3, -0.25) is 0 Å². The molecule has 0 fully saturated rings. The zero-order valence-corrected chi connectivity index (χ0v) is 28.1. The highest BCUT2D eigenvalue weighted by Crippen LogP contribution is 2.48. The number of anilines is 3. The summed E-state index contributed by atoms with van der Waals surface area (Å²) < 4.78 is 2.59. The van der Waals surface area contributed by atoms with Gasteiger partial charge in [-0.15, -0.1) is 11.3 Å². The molecule has 0 radical (unpaired) electrons. The largest absolute Gasteiger partial charge is 0.309 e. The van der Waals surface area contributed by atoms with Crippen LogP contribution in [-0.4, -0.2) is 0 Å². The van der Waals surface area contributed by atoms with Crippen LogP contribution < -0.4 is 4.90 Å². The number of thiophene rings is 1. The summed E-state index contributed by atoms with van der Waals surface area (Å²) in [7, 11) is 0. The Labute approximate surface area is 294 Å². The Morgan fingerprint density at radius 1 is 0.360 bits per heavy atom. The van der Waals surface area contributed by atoms with Gasteiger partial charge in [0, 0.05) is 26.8 Å². The molecule has 1 nitrogen and oxygen atoms in total. The minimum atomic E-state index is 1.12. The molecule has 0 aliphatic rings. The second kappa shape index (κ2) is 11.7. The van der Waals surface area contributed by atoms with Crippen LogP contribution in [0.3, 0.4) is 0 Å². The van der Waals surface area contributed by atoms with Crippen LogP contribution in [0.5, 0.6) is 0 Å². The fourth-order valence-corrected chi connectivity index (χ4v) is 8.91. The maximum absolute atomic E-state index is 2.47. The number of rotatable bonds is 5. The number of benzene rings is 9. The molecule has 0 aliphatic heterocycles. The SMILES string of the molecule is c1ccc(-c2ccc(N(c3ccc4ccc5ccccc5c4c3)c3cccc4c3sc3ccc5ccccc5c34)cc2-c2ccccc2)cc1. The molecule has 1 heterocycles. The molecular formula is C48H31NS. The van der Waals surface area contributed by atoms with Crippen molar-refractivity contribution in [2.75, 3.05) is 4.90 Å². The molecule has 0 spiro atoms. The molecule has 234 valence electrons. The van der Waals surface area contributed by atoms with Gasteiger partial charge < -0.3 is 4.90 Å². The van der Waals surface area contributed by atoms with Gasteiger partial charge in [0.1, 0.15) is 0 Å². The molecule has 9 aromatic carbocycles. The molecule has 0 bridgehead atoms. The van der Waals surface area contributed by atoms with E-state index in [9.17, 15) is 0 Å². The Hall–Kier alpha value is -6.22. The summed E-state index contributed by atoms with van der Waals surface area (Å²) >= 11 is 1.89. The monoisotopic (exact) mass is 653 g/mol. The fourth-order valence-electron chi connectivity index (χ4n) is 7.68. The van der Waals surface area contributed by atoms with Gasteiger partial charge in [-0.2, -0.15) is 0 Å². The van der Waals surface area contributed by atoms with E-state index in [0.29, 0.717) is 0 Å². The molecule has 10 rings (SSSR count). The van der Waals surface area contributed by atoms with Gasteiger partial charge in [0.2, 0.25) is 0 Å². The molecule has 0 unspecified atom stereocenters. The molecule has 0 N–H and O–H groups in total. The zero-order valence-electron chi connectivity index (χ0n) is 27.3. The lowest BCUT2D eigenvalue weighted by molar-refractivity contribution is 1.31. The quantitative estimate of drug-likeness (QED) is 0.167. The Morgan fingerprint density at radius 2 is 0.920 bits per heavy atom. The first-order valence-electron chi connectivity index (χ1n) is 17.1. The minimum Gasteiger partial charge on any atom is -0.309 e. The summed E-state index contributed by atoms with van der Waals surface area (Å²) in [4.78, 5) is 2.47. The summed E-state index contributed by atoms with van der Waals surface area (Å²) in [5.74, 6) is 0. The highest BCUT2D eigenvalue weighted by Gasteiger charge is 2.21. The van der Waals surface area contributed by atoms with Crippen molar-refractivity contribution in [1.29, 1.82) is 0 Å². The Morgan fingerprint density at radius 3 is 1.70 bits per heavy atom. The second-order valence-electron chi connectivity index (χ2n) is 12.9. The summed E-state index contributed by atoms with van der Waals surface area (Å²) in [6.07, 6.45) is 0. The van der Waals surface area contributed by atoms with E-state index in [1.807, 2.05) is 11.3 Å². The van der Waals surface area contributed by atoms with Crippen molar-refractivity contribution in [3.05, 3.63) is 188 Å². The van der Waals surface area contributed by atoms with E-state index in [4.69, 9.17) is 0 Å². The van der Waals surface area contributed by atoms with E-state index < -0.39 is 0 Å². The van der Waals surface area contributed by atoms with Crippen molar-refractivity contribution in [3.63, 3.8) is 0 Å². The lowest BCUT2D eigenvalue weighted by Crippen LogP contribution is -2.10. The first kappa shape index (κ1) is 28.8. The van der Waals surface area contributed by atoms with Gasteiger partial charge in [-0.05, 0) is 91.0 Å². The Balaban J connectivity index is 1.28. The van der Waals surface area contributed by atoms with Crippen molar-refractivity contribution >= 4 is 80.9 Å². The third kappa shape index (κ3) is 4.69. The van der Waals surface area contributed by atoms with E-state index in [1.165, 1.54) is 80.4 Å². The van der Waals surface area contributed by atoms with Crippen molar-refractivity contribution in [2.24, 2.45) is 0 Å². The first-order chi connectivity index (χ1) is 24.8. The first-order valence-corrected chi connectivity index (χ1v) is 17.9. The van der Waals surface area contributed by atoms with Crippen molar-refractivity contribution < 1.29 is 0 Å². The van der Waals surface area contributed by atoms with Gasteiger partial charge in [0.25, 0.3) is 0 Å². The molecular weight excluding hydrogens is 623 g/mol. The lowest BCUT2D eigenvalue weighted by Gasteiger charge is -2.28. The minimum absolute atomic E-state index is 1.12. The molecule has 0 saturated heterocycles. The van der Waals surface area contributed by atoms with Crippen LogP contribution in [0.4, 0.5) is 17.1 Å². The molecule has 0 aliphatic carbocycles. The smallest absolute Gasteiger partial charge is 0.0640 e. The van der Waals surface area contributed by atoms with E-state index >= 15 is 0 Å². The average molecular weight is 654 g/mol. The van der Waals surface area contributed by atoms with Crippen LogP contribution in [0.15, 0.2) is 188 Å².